The number of ether oxygens (including phenoxy) is 2. The summed E-state index contributed by atoms with van der Waals surface area (Å²) < 4.78 is 11.8. The first kappa shape index (κ1) is 12.0. The highest BCUT2D eigenvalue weighted by Gasteiger charge is 2.46. The van der Waals surface area contributed by atoms with Crippen LogP contribution in [0.15, 0.2) is 18.2 Å². The molecule has 0 radical (unpaired) electrons. The molecule has 2 aliphatic rings. The third-order valence-corrected chi connectivity index (χ3v) is 4.04. The van der Waals surface area contributed by atoms with E-state index in [1.54, 1.807) is 7.11 Å². The van der Waals surface area contributed by atoms with E-state index in [0.29, 0.717) is 0 Å². The van der Waals surface area contributed by atoms with Gasteiger partial charge in [0, 0.05) is 13.1 Å². The standard InChI is InChI=1S/C15H21NO2/c1-14(2)9-16-10-15(18-14)7-6-11-4-5-12(17-3)8-13(11)15/h4-5,8,16H,6-7,9-10H2,1-3H3. The summed E-state index contributed by atoms with van der Waals surface area (Å²) >= 11 is 0. The molecule has 0 amide bonds. The highest BCUT2D eigenvalue weighted by Crippen LogP contribution is 2.44. The minimum Gasteiger partial charge on any atom is -0.497 e. The molecule has 3 heteroatoms. The van der Waals surface area contributed by atoms with Crippen molar-refractivity contribution in [2.24, 2.45) is 0 Å². The number of morpholine rings is 1. The molecule has 1 aromatic rings. The van der Waals surface area contributed by atoms with Gasteiger partial charge >= 0.3 is 0 Å². The van der Waals surface area contributed by atoms with Crippen molar-refractivity contribution in [3.05, 3.63) is 29.3 Å². The summed E-state index contributed by atoms with van der Waals surface area (Å²) in [5.74, 6) is 0.919. The molecule has 18 heavy (non-hydrogen) atoms. The van der Waals surface area contributed by atoms with Crippen LogP contribution in [0.1, 0.15) is 31.4 Å². The Labute approximate surface area is 108 Å². The van der Waals surface area contributed by atoms with Crippen LogP contribution < -0.4 is 10.1 Å². The second-order valence-corrected chi connectivity index (χ2v) is 5.98. The lowest BCUT2D eigenvalue weighted by Crippen LogP contribution is -2.55. The van der Waals surface area contributed by atoms with Gasteiger partial charge in [0.25, 0.3) is 0 Å². The molecule has 1 aliphatic heterocycles. The summed E-state index contributed by atoms with van der Waals surface area (Å²) in [6.07, 6.45) is 2.16. The van der Waals surface area contributed by atoms with Crippen molar-refractivity contribution in [2.45, 2.75) is 37.9 Å². The van der Waals surface area contributed by atoms with E-state index in [0.717, 1.165) is 31.7 Å². The van der Waals surface area contributed by atoms with Gasteiger partial charge in [0.2, 0.25) is 0 Å². The number of aryl methyl sites for hydroxylation is 1. The Morgan fingerprint density at radius 1 is 1.28 bits per heavy atom. The van der Waals surface area contributed by atoms with Gasteiger partial charge in [-0.15, -0.1) is 0 Å². The van der Waals surface area contributed by atoms with Crippen molar-refractivity contribution in [3.8, 4) is 5.75 Å². The summed E-state index contributed by atoms with van der Waals surface area (Å²) in [7, 11) is 1.72. The van der Waals surface area contributed by atoms with E-state index < -0.39 is 0 Å². The minimum atomic E-state index is -0.161. The zero-order chi connectivity index (χ0) is 12.8. The van der Waals surface area contributed by atoms with Gasteiger partial charge in [0.1, 0.15) is 11.4 Å². The molecular formula is C15H21NO2. The molecule has 1 saturated heterocycles. The Morgan fingerprint density at radius 2 is 2.11 bits per heavy atom. The van der Waals surface area contributed by atoms with E-state index in [4.69, 9.17) is 9.47 Å². The van der Waals surface area contributed by atoms with Crippen LogP contribution in [-0.4, -0.2) is 25.8 Å². The van der Waals surface area contributed by atoms with Crippen LogP contribution in [0.25, 0.3) is 0 Å². The Kier molecular flexibility index (Phi) is 2.65. The fourth-order valence-corrected chi connectivity index (χ4v) is 3.25. The molecule has 1 spiro atoms. The zero-order valence-electron chi connectivity index (χ0n) is 11.4. The van der Waals surface area contributed by atoms with Crippen LogP contribution in [0.4, 0.5) is 0 Å². The monoisotopic (exact) mass is 247 g/mol. The maximum atomic E-state index is 6.43. The SMILES string of the molecule is COc1ccc2c(c1)C1(CC2)CNCC(C)(C)O1. The number of methoxy groups -OCH3 is 1. The van der Waals surface area contributed by atoms with E-state index >= 15 is 0 Å². The Balaban J connectivity index is 2.02. The van der Waals surface area contributed by atoms with Crippen LogP contribution >= 0.6 is 0 Å². The van der Waals surface area contributed by atoms with Crippen LogP contribution in [0.3, 0.4) is 0 Å². The summed E-state index contributed by atoms with van der Waals surface area (Å²) in [6.45, 7) is 6.11. The molecule has 1 atom stereocenters. The van der Waals surface area contributed by atoms with Crippen LogP contribution in [0.2, 0.25) is 0 Å². The molecule has 1 aromatic carbocycles. The normalized spacial score (nSPS) is 29.3. The average Bonchev–Trinajstić information content (AvgIpc) is 2.66. The average molecular weight is 247 g/mol. The van der Waals surface area contributed by atoms with Crippen LogP contribution in [-0.2, 0) is 16.8 Å². The molecule has 0 saturated carbocycles. The quantitative estimate of drug-likeness (QED) is 0.825. The molecule has 1 heterocycles. The van der Waals surface area contributed by atoms with Crippen molar-refractivity contribution in [3.63, 3.8) is 0 Å². The maximum absolute atomic E-state index is 6.43. The topological polar surface area (TPSA) is 30.5 Å². The maximum Gasteiger partial charge on any atom is 0.119 e. The van der Waals surface area contributed by atoms with E-state index in [2.05, 4.69) is 31.3 Å². The van der Waals surface area contributed by atoms with Crippen molar-refractivity contribution < 1.29 is 9.47 Å². The van der Waals surface area contributed by atoms with Gasteiger partial charge < -0.3 is 14.8 Å². The Bertz CT molecular complexity index is 466. The molecule has 1 fully saturated rings. The van der Waals surface area contributed by atoms with E-state index in [1.165, 1.54) is 11.1 Å². The van der Waals surface area contributed by atoms with Gasteiger partial charge in [-0.3, -0.25) is 0 Å². The fourth-order valence-electron chi connectivity index (χ4n) is 3.25. The fraction of sp³-hybridized carbons (Fsp3) is 0.600. The predicted molar refractivity (Wildman–Crippen MR) is 71.0 cm³/mol. The van der Waals surface area contributed by atoms with E-state index in [1.807, 2.05) is 6.07 Å². The Hall–Kier alpha value is -1.06. The van der Waals surface area contributed by atoms with Crippen LogP contribution in [0, 0.1) is 0 Å². The second-order valence-electron chi connectivity index (χ2n) is 5.98. The first-order valence-electron chi connectivity index (χ1n) is 6.63. The predicted octanol–water partition coefficient (Wildman–Crippen LogP) is 2.24. The number of benzene rings is 1. The molecule has 3 rings (SSSR count). The van der Waals surface area contributed by atoms with Crippen molar-refractivity contribution in [1.29, 1.82) is 0 Å². The van der Waals surface area contributed by atoms with Crippen molar-refractivity contribution >= 4 is 0 Å². The molecule has 98 valence electrons. The van der Waals surface area contributed by atoms with Gasteiger partial charge in [-0.05, 0) is 49.9 Å². The molecule has 1 unspecified atom stereocenters. The summed E-state index contributed by atoms with van der Waals surface area (Å²) in [5, 5.41) is 3.52. The van der Waals surface area contributed by atoms with Gasteiger partial charge in [0.15, 0.2) is 0 Å². The van der Waals surface area contributed by atoms with Gasteiger partial charge in [-0.2, -0.15) is 0 Å². The lowest BCUT2D eigenvalue weighted by Gasteiger charge is -2.44. The summed E-state index contributed by atoms with van der Waals surface area (Å²) in [5.41, 5.74) is 2.44. The summed E-state index contributed by atoms with van der Waals surface area (Å²) in [4.78, 5) is 0. The largest absolute Gasteiger partial charge is 0.497 e. The number of fused-ring (bicyclic) bond motifs is 2. The van der Waals surface area contributed by atoms with Crippen molar-refractivity contribution in [1.82, 2.24) is 5.32 Å². The van der Waals surface area contributed by atoms with Gasteiger partial charge in [-0.1, -0.05) is 6.07 Å². The van der Waals surface area contributed by atoms with E-state index in [9.17, 15) is 0 Å². The lowest BCUT2D eigenvalue weighted by atomic mass is 9.91. The number of hydrogen-bond acceptors (Lipinski definition) is 3. The molecule has 1 aliphatic carbocycles. The van der Waals surface area contributed by atoms with Crippen LogP contribution in [0.5, 0.6) is 5.75 Å². The molecule has 1 N–H and O–H groups in total. The first-order valence-corrected chi connectivity index (χ1v) is 6.63. The van der Waals surface area contributed by atoms with Gasteiger partial charge in [0.05, 0.1) is 12.7 Å². The molecule has 0 bridgehead atoms. The first-order chi connectivity index (χ1) is 8.55. The summed E-state index contributed by atoms with van der Waals surface area (Å²) in [6, 6.07) is 6.36. The van der Waals surface area contributed by atoms with E-state index in [-0.39, 0.29) is 11.2 Å². The van der Waals surface area contributed by atoms with Crippen molar-refractivity contribution in [2.75, 3.05) is 20.2 Å². The molecule has 0 aromatic heterocycles. The number of hydrogen-bond donors (Lipinski definition) is 1. The second kappa shape index (κ2) is 3.97. The third kappa shape index (κ3) is 1.82. The molecule has 3 nitrogen and oxygen atoms in total. The highest BCUT2D eigenvalue weighted by atomic mass is 16.5. The number of nitrogens with one attached hydrogen (secondary N) is 1. The Morgan fingerprint density at radius 3 is 2.83 bits per heavy atom. The highest BCUT2D eigenvalue weighted by molar-refractivity contribution is 5.43. The zero-order valence-corrected chi connectivity index (χ0v) is 11.4. The molecular weight excluding hydrogens is 226 g/mol. The lowest BCUT2D eigenvalue weighted by molar-refractivity contribution is -0.166. The third-order valence-electron chi connectivity index (χ3n) is 4.04. The van der Waals surface area contributed by atoms with Gasteiger partial charge in [-0.25, -0.2) is 0 Å². The smallest absolute Gasteiger partial charge is 0.119 e. The number of rotatable bonds is 1. The minimum absolute atomic E-state index is 0.108.